The Hall–Kier alpha value is -1.25. The molecule has 1 atom stereocenters. The van der Waals surface area contributed by atoms with Crippen LogP contribution in [0.4, 0.5) is 0 Å². The molecule has 0 amide bonds. The molecule has 60 valence electrons. The summed E-state index contributed by atoms with van der Waals surface area (Å²) >= 11 is 0. The standard InChI is InChI=1S/C8H11NO2/c1-6-7(8(10)11)4-3-5-9(6)2/h3-6H,1-2H3,(H,10,11). The maximum Gasteiger partial charge on any atom is 0.333 e. The lowest BCUT2D eigenvalue weighted by Gasteiger charge is -2.25. The zero-order valence-electron chi connectivity index (χ0n) is 6.61. The van der Waals surface area contributed by atoms with E-state index in [1.54, 1.807) is 12.2 Å². The molecule has 1 rings (SSSR count). The van der Waals surface area contributed by atoms with Crippen LogP contribution in [0.15, 0.2) is 23.9 Å². The van der Waals surface area contributed by atoms with Gasteiger partial charge in [-0.05, 0) is 25.3 Å². The molecule has 0 bridgehead atoms. The molecule has 3 nitrogen and oxygen atoms in total. The number of hydrogen-bond acceptors (Lipinski definition) is 2. The summed E-state index contributed by atoms with van der Waals surface area (Å²) in [5.41, 5.74) is 0.440. The minimum atomic E-state index is -0.839. The van der Waals surface area contributed by atoms with Gasteiger partial charge in [0.2, 0.25) is 0 Å². The van der Waals surface area contributed by atoms with E-state index in [2.05, 4.69) is 0 Å². The average molecular weight is 153 g/mol. The Morgan fingerprint density at radius 2 is 2.36 bits per heavy atom. The van der Waals surface area contributed by atoms with Crippen molar-refractivity contribution in [2.24, 2.45) is 0 Å². The maximum atomic E-state index is 10.6. The molecule has 1 N–H and O–H groups in total. The second-order valence-corrected chi connectivity index (χ2v) is 2.61. The predicted octanol–water partition coefficient (Wildman–Crippen LogP) is 0.845. The van der Waals surface area contributed by atoms with Gasteiger partial charge < -0.3 is 10.0 Å². The zero-order chi connectivity index (χ0) is 8.43. The van der Waals surface area contributed by atoms with Gasteiger partial charge in [-0.25, -0.2) is 4.79 Å². The fourth-order valence-electron chi connectivity index (χ4n) is 1.02. The van der Waals surface area contributed by atoms with Crippen LogP contribution in [0.25, 0.3) is 0 Å². The fraction of sp³-hybridized carbons (Fsp3) is 0.375. The number of nitrogens with zero attached hydrogens (tertiary/aromatic N) is 1. The largest absolute Gasteiger partial charge is 0.478 e. The van der Waals surface area contributed by atoms with Crippen molar-refractivity contribution in [1.29, 1.82) is 0 Å². The summed E-state index contributed by atoms with van der Waals surface area (Å²) in [4.78, 5) is 12.4. The Bertz CT molecular complexity index is 230. The van der Waals surface area contributed by atoms with E-state index in [1.807, 2.05) is 25.1 Å². The lowest BCUT2D eigenvalue weighted by Crippen LogP contribution is -2.31. The Morgan fingerprint density at radius 3 is 2.82 bits per heavy atom. The number of carbonyl (C=O) groups is 1. The molecule has 0 radical (unpaired) electrons. The van der Waals surface area contributed by atoms with Crippen LogP contribution in [0.5, 0.6) is 0 Å². The van der Waals surface area contributed by atoms with Crippen LogP contribution in [-0.2, 0) is 4.79 Å². The SMILES string of the molecule is CC1C(C(=O)O)=CC=CN1C. The molecular formula is C8H11NO2. The van der Waals surface area contributed by atoms with Crippen LogP contribution < -0.4 is 0 Å². The highest BCUT2D eigenvalue weighted by molar-refractivity contribution is 5.88. The Balaban J connectivity index is 2.87. The van der Waals surface area contributed by atoms with Crippen molar-refractivity contribution >= 4 is 5.97 Å². The monoisotopic (exact) mass is 153 g/mol. The number of allylic oxidation sites excluding steroid dienone is 2. The molecule has 1 unspecified atom stereocenters. The van der Waals surface area contributed by atoms with Crippen LogP contribution >= 0.6 is 0 Å². The van der Waals surface area contributed by atoms with Gasteiger partial charge in [0.05, 0.1) is 11.6 Å². The normalized spacial score (nSPS) is 23.3. The fourth-order valence-corrected chi connectivity index (χ4v) is 1.02. The summed E-state index contributed by atoms with van der Waals surface area (Å²) in [7, 11) is 1.86. The van der Waals surface area contributed by atoms with E-state index in [9.17, 15) is 4.79 Å². The van der Waals surface area contributed by atoms with E-state index in [0.717, 1.165) is 0 Å². The first kappa shape index (κ1) is 7.85. The third-order valence-corrected chi connectivity index (χ3v) is 1.90. The minimum absolute atomic E-state index is 0.0301. The van der Waals surface area contributed by atoms with Crippen molar-refractivity contribution in [3.8, 4) is 0 Å². The number of rotatable bonds is 1. The molecule has 0 aromatic heterocycles. The van der Waals surface area contributed by atoms with Gasteiger partial charge in [-0.15, -0.1) is 0 Å². The van der Waals surface area contributed by atoms with Gasteiger partial charge in [-0.2, -0.15) is 0 Å². The van der Waals surface area contributed by atoms with E-state index >= 15 is 0 Å². The van der Waals surface area contributed by atoms with Crippen molar-refractivity contribution in [2.45, 2.75) is 13.0 Å². The zero-order valence-corrected chi connectivity index (χ0v) is 6.61. The van der Waals surface area contributed by atoms with E-state index in [0.29, 0.717) is 5.57 Å². The summed E-state index contributed by atoms with van der Waals surface area (Å²) in [6, 6.07) is -0.0301. The maximum absolute atomic E-state index is 10.6. The van der Waals surface area contributed by atoms with Crippen molar-refractivity contribution < 1.29 is 9.90 Å². The third-order valence-electron chi connectivity index (χ3n) is 1.90. The highest BCUT2D eigenvalue weighted by Gasteiger charge is 2.19. The Kier molecular flexibility index (Phi) is 1.98. The molecule has 3 heteroatoms. The van der Waals surface area contributed by atoms with Crippen LogP contribution in [0.2, 0.25) is 0 Å². The summed E-state index contributed by atoms with van der Waals surface area (Å²) < 4.78 is 0. The van der Waals surface area contributed by atoms with Crippen LogP contribution in [0.1, 0.15) is 6.92 Å². The quantitative estimate of drug-likeness (QED) is 0.607. The summed E-state index contributed by atoms with van der Waals surface area (Å²) in [5, 5.41) is 8.70. The van der Waals surface area contributed by atoms with Crippen molar-refractivity contribution in [2.75, 3.05) is 7.05 Å². The number of carboxylic acid groups (broad SMARTS) is 1. The molecule has 1 aliphatic rings. The van der Waals surface area contributed by atoms with E-state index in [1.165, 1.54) is 0 Å². The molecule has 0 fully saturated rings. The summed E-state index contributed by atoms with van der Waals surface area (Å²) in [5.74, 6) is -0.839. The van der Waals surface area contributed by atoms with Crippen molar-refractivity contribution in [3.63, 3.8) is 0 Å². The molecule has 0 spiro atoms. The van der Waals surface area contributed by atoms with Gasteiger partial charge >= 0.3 is 5.97 Å². The molecule has 11 heavy (non-hydrogen) atoms. The highest BCUT2D eigenvalue weighted by atomic mass is 16.4. The molecule has 0 aliphatic carbocycles. The topological polar surface area (TPSA) is 40.5 Å². The van der Waals surface area contributed by atoms with Crippen LogP contribution in [0.3, 0.4) is 0 Å². The number of aliphatic carboxylic acids is 1. The van der Waals surface area contributed by atoms with E-state index in [-0.39, 0.29) is 6.04 Å². The Morgan fingerprint density at radius 1 is 1.73 bits per heavy atom. The number of likely N-dealkylation sites (N-methyl/N-ethyl adjacent to an activating group) is 1. The molecule has 0 aromatic carbocycles. The van der Waals surface area contributed by atoms with Crippen molar-refractivity contribution in [1.82, 2.24) is 4.90 Å². The number of carboxylic acids is 1. The summed E-state index contributed by atoms with van der Waals surface area (Å²) in [6.07, 6.45) is 5.23. The van der Waals surface area contributed by atoms with Gasteiger partial charge in [0.1, 0.15) is 0 Å². The predicted molar refractivity (Wildman–Crippen MR) is 42.1 cm³/mol. The smallest absolute Gasteiger partial charge is 0.333 e. The van der Waals surface area contributed by atoms with E-state index in [4.69, 9.17) is 5.11 Å². The number of hydrogen-bond donors (Lipinski definition) is 1. The van der Waals surface area contributed by atoms with Gasteiger partial charge in [-0.3, -0.25) is 0 Å². The first-order valence-corrected chi connectivity index (χ1v) is 3.46. The lowest BCUT2D eigenvalue weighted by atomic mass is 10.1. The second kappa shape index (κ2) is 2.78. The van der Waals surface area contributed by atoms with Gasteiger partial charge in [0, 0.05) is 7.05 Å². The second-order valence-electron chi connectivity index (χ2n) is 2.61. The van der Waals surface area contributed by atoms with Crippen LogP contribution in [-0.4, -0.2) is 29.1 Å². The molecule has 0 saturated carbocycles. The summed E-state index contributed by atoms with van der Waals surface area (Å²) in [6.45, 7) is 1.86. The minimum Gasteiger partial charge on any atom is -0.478 e. The first-order chi connectivity index (χ1) is 5.13. The molecule has 0 aromatic rings. The molecule has 0 saturated heterocycles. The molecular weight excluding hydrogens is 142 g/mol. The van der Waals surface area contributed by atoms with Crippen molar-refractivity contribution in [3.05, 3.63) is 23.9 Å². The van der Waals surface area contributed by atoms with Gasteiger partial charge in [0.25, 0.3) is 0 Å². The first-order valence-electron chi connectivity index (χ1n) is 3.46. The molecule has 1 aliphatic heterocycles. The van der Waals surface area contributed by atoms with Crippen LogP contribution in [0, 0.1) is 0 Å². The molecule has 1 heterocycles. The Labute approximate surface area is 65.6 Å². The average Bonchev–Trinajstić information content (AvgIpc) is 1.94. The van der Waals surface area contributed by atoms with Gasteiger partial charge in [0.15, 0.2) is 0 Å². The van der Waals surface area contributed by atoms with E-state index < -0.39 is 5.97 Å². The highest BCUT2D eigenvalue weighted by Crippen LogP contribution is 2.13. The van der Waals surface area contributed by atoms with Gasteiger partial charge in [-0.1, -0.05) is 0 Å². The third kappa shape index (κ3) is 1.42. The lowest BCUT2D eigenvalue weighted by molar-refractivity contribution is -0.133.